The Hall–Kier alpha value is 3.85. The molecule has 0 heterocycles. The van der Waals surface area contributed by atoms with Crippen molar-refractivity contribution in [2.75, 3.05) is 0 Å². The summed E-state index contributed by atoms with van der Waals surface area (Å²) < 4.78 is 0. The molecule has 0 atom stereocenters. The molecule has 0 unspecified atom stereocenters. The molecule has 0 aromatic rings. The van der Waals surface area contributed by atoms with E-state index in [2.05, 4.69) is 0 Å². The molecule has 0 spiro atoms. The van der Waals surface area contributed by atoms with Crippen molar-refractivity contribution in [2.45, 2.75) is 0 Å². The SMILES string of the molecule is Cl.[KH].[NaH].[PbH2]. The molecular formula is H5ClKNaPb. The Morgan fingerprint density at radius 2 is 1.00 bits per heavy atom. The molecule has 0 fully saturated rings. The van der Waals surface area contributed by atoms with Gasteiger partial charge in [-0.25, -0.2) is 0 Å². The molecule has 2 radical (unpaired) electrons. The second-order valence-electron chi connectivity index (χ2n) is 0. The van der Waals surface area contributed by atoms with Gasteiger partial charge in [0.15, 0.2) is 0 Å². The van der Waals surface area contributed by atoms with Crippen molar-refractivity contribution in [3.63, 3.8) is 0 Å². The molecule has 0 nitrogen and oxygen atoms in total. The van der Waals surface area contributed by atoms with Gasteiger partial charge in [-0.15, -0.1) is 12.4 Å². The summed E-state index contributed by atoms with van der Waals surface area (Å²) in [5.74, 6) is 0. The summed E-state index contributed by atoms with van der Waals surface area (Å²) in [6, 6.07) is 0. The van der Waals surface area contributed by atoms with Gasteiger partial charge in [0.2, 0.25) is 0 Å². The standard InChI is InChI=1S/ClH.K.Na.Pb.4H/h1H;;;;;;;. The first kappa shape index (κ1) is 24.9. The van der Waals surface area contributed by atoms with E-state index in [4.69, 9.17) is 0 Å². The normalized spacial score (nSPS) is 0. The van der Waals surface area contributed by atoms with Gasteiger partial charge in [-0.1, -0.05) is 0 Å². The number of halogens is 1. The summed E-state index contributed by atoms with van der Waals surface area (Å²) in [4.78, 5) is 0. The molecule has 4 heteroatoms. The van der Waals surface area contributed by atoms with Crippen molar-refractivity contribution in [2.24, 2.45) is 0 Å². The van der Waals surface area contributed by atoms with E-state index >= 15 is 0 Å². The van der Waals surface area contributed by atoms with E-state index in [1.807, 2.05) is 0 Å². The van der Waals surface area contributed by atoms with Gasteiger partial charge in [-0.3, -0.25) is 0 Å². The topological polar surface area (TPSA) is 0 Å². The fourth-order valence-electron chi connectivity index (χ4n) is 0. The van der Waals surface area contributed by atoms with Crippen LogP contribution in [0.4, 0.5) is 0 Å². The van der Waals surface area contributed by atoms with Crippen LogP contribution in [0.15, 0.2) is 0 Å². The average Bonchev–Trinajstić information content (AvgIpc) is 0. The van der Waals surface area contributed by atoms with E-state index in [0.717, 1.165) is 0 Å². The average molecular weight is 310 g/mol. The molecule has 0 rings (SSSR count). The van der Waals surface area contributed by atoms with Gasteiger partial charge in [0.25, 0.3) is 0 Å². The molecule has 0 aliphatic rings. The maximum atomic E-state index is 0. The summed E-state index contributed by atoms with van der Waals surface area (Å²) in [5.41, 5.74) is 0. The van der Waals surface area contributed by atoms with Gasteiger partial charge >= 0.3 is 108 Å². The second kappa shape index (κ2) is 15.8. The Bertz CT molecular complexity index is 8.00. The second-order valence-corrected chi connectivity index (χ2v) is 0. The zero-order chi connectivity index (χ0) is 0. The van der Waals surface area contributed by atoms with E-state index in [-0.39, 0.29) is 121 Å². The molecule has 0 aromatic heterocycles. The molecule has 0 saturated carbocycles. The predicted molar refractivity (Wildman–Crippen MR) is 30.1 cm³/mol. The summed E-state index contributed by atoms with van der Waals surface area (Å²) in [7, 11) is 0. The molecule has 0 aliphatic heterocycles. The molecule has 0 aromatic carbocycles. The van der Waals surface area contributed by atoms with Crippen molar-refractivity contribution >= 4 is 121 Å². The van der Waals surface area contributed by atoms with Crippen LogP contribution in [0.25, 0.3) is 0 Å². The van der Waals surface area contributed by atoms with Gasteiger partial charge in [0, 0.05) is 0 Å². The van der Waals surface area contributed by atoms with Crippen molar-refractivity contribution in [1.82, 2.24) is 0 Å². The predicted octanol–water partition coefficient (Wildman–Crippen LogP) is -1.79. The van der Waals surface area contributed by atoms with E-state index in [0.29, 0.717) is 0 Å². The van der Waals surface area contributed by atoms with Crippen LogP contribution in [0.5, 0.6) is 0 Å². The zero-order valence-corrected chi connectivity index (χ0v) is 7.43. The summed E-state index contributed by atoms with van der Waals surface area (Å²) in [6.45, 7) is 0. The van der Waals surface area contributed by atoms with E-state index in [9.17, 15) is 0 Å². The van der Waals surface area contributed by atoms with Crippen LogP contribution in [0.1, 0.15) is 0 Å². The summed E-state index contributed by atoms with van der Waals surface area (Å²) in [5, 5.41) is 0. The van der Waals surface area contributed by atoms with E-state index in [1.165, 1.54) is 0 Å². The zero-order valence-electron chi connectivity index (χ0n) is 1.12. The van der Waals surface area contributed by atoms with Crippen molar-refractivity contribution < 1.29 is 0 Å². The van der Waals surface area contributed by atoms with Crippen LogP contribution in [-0.2, 0) is 0 Å². The van der Waals surface area contributed by atoms with Crippen LogP contribution in [-0.4, -0.2) is 108 Å². The molecule has 0 bridgehead atoms. The number of hydrogen-bond acceptors (Lipinski definition) is 0. The molecule has 18 valence electrons. The third-order valence-corrected chi connectivity index (χ3v) is 0. The van der Waals surface area contributed by atoms with Gasteiger partial charge in [0.1, 0.15) is 0 Å². The van der Waals surface area contributed by atoms with Gasteiger partial charge in [-0.2, -0.15) is 0 Å². The van der Waals surface area contributed by atoms with Crippen molar-refractivity contribution in [1.29, 1.82) is 0 Å². The molecule has 0 N–H and O–H groups in total. The Morgan fingerprint density at radius 3 is 1.00 bits per heavy atom. The summed E-state index contributed by atoms with van der Waals surface area (Å²) in [6.07, 6.45) is 0. The summed E-state index contributed by atoms with van der Waals surface area (Å²) >= 11 is 0. The quantitative estimate of drug-likeness (QED) is 0.464. The Morgan fingerprint density at radius 1 is 1.00 bits per heavy atom. The molecule has 4 heavy (non-hydrogen) atoms. The molecule has 0 amide bonds. The van der Waals surface area contributed by atoms with Crippen LogP contribution in [0, 0.1) is 0 Å². The van der Waals surface area contributed by atoms with E-state index < -0.39 is 0 Å². The number of rotatable bonds is 0. The Balaban J connectivity index is 0. The van der Waals surface area contributed by atoms with Crippen LogP contribution in [0.2, 0.25) is 0 Å². The van der Waals surface area contributed by atoms with Gasteiger partial charge < -0.3 is 0 Å². The first-order valence-electron chi connectivity index (χ1n) is 0. The third kappa shape index (κ3) is 9.28. The fourth-order valence-corrected chi connectivity index (χ4v) is 0. The number of hydrogen-bond donors (Lipinski definition) is 0. The molecule has 0 aliphatic carbocycles. The van der Waals surface area contributed by atoms with Crippen LogP contribution in [0.3, 0.4) is 0 Å². The third-order valence-electron chi connectivity index (χ3n) is 0. The monoisotopic (exact) mass is 310 g/mol. The van der Waals surface area contributed by atoms with Crippen LogP contribution >= 0.6 is 12.4 Å². The minimum atomic E-state index is 0. The van der Waals surface area contributed by atoms with Gasteiger partial charge in [-0.05, 0) is 0 Å². The van der Waals surface area contributed by atoms with Crippen LogP contribution < -0.4 is 0 Å². The molecule has 0 saturated heterocycles. The van der Waals surface area contributed by atoms with Gasteiger partial charge in [0.05, 0.1) is 0 Å². The Kier molecular flexibility index (Phi) is 98.3. The maximum absolute atomic E-state index is 0. The van der Waals surface area contributed by atoms with Crippen molar-refractivity contribution in [3.8, 4) is 0 Å². The fraction of sp³-hybridized carbons (Fsp3) is 0. The first-order chi connectivity index (χ1) is 0. The van der Waals surface area contributed by atoms with E-state index in [1.54, 1.807) is 0 Å². The van der Waals surface area contributed by atoms with Crippen molar-refractivity contribution in [3.05, 3.63) is 0 Å². The first-order valence-corrected chi connectivity index (χ1v) is 0. The molecular weight excluding hydrogens is 305 g/mol. The minimum absolute atomic E-state index is 0. The Labute approximate surface area is 117 Å².